The van der Waals surface area contributed by atoms with Gasteiger partial charge in [-0.3, -0.25) is 4.79 Å². The molecular formula is C16H11ClFNO2. The molecule has 0 aliphatic heterocycles. The monoisotopic (exact) mass is 303 g/mol. The molecule has 2 aromatic rings. The zero-order chi connectivity index (χ0) is 15.2. The van der Waals surface area contributed by atoms with Gasteiger partial charge in [0.2, 0.25) is 0 Å². The van der Waals surface area contributed by atoms with Crippen molar-refractivity contribution in [1.29, 1.82) is 0 Å². The Hall–Kier alpha value is -2.35. The highest BCUT2D eigenvalue weighted by atomic mass is 35.5. The van der Waals surface area contributed by atoms with E-state index in [1.165, 1.54) is 12.1 Å². The first-order valence-electron chi connectivity index (χ1n) is 6.06. The lowest BCUT2D eigenvalue weighted by Crippen LogP contribution is -2.14. The van der Waals surface area contributed by atoms with E-state index < -0.39 is 11.7 Å². The van der Waals surface area contributed by atoms with Gasteiger partial charge in [-0.1, -0.05) is 29.5 Å². The van der Waals surface area contributed by atoms with Crippen molar-refractivity contribution in [2.24, 2.45) is 0 Å². The number of amides is 1. The first kappa shape index (κ1) is 15.0. The van der Waals surface area contributed by atoms with Crippen LogP contribution >= 0.6 is 11.6 Å². The largest absolute Gasteiger partial charge is 0.384 e. The Morgan fingerprint density at radius 2 is 2.10 bits per heavy atom. The highest BCUT2D eigenvalue weighted by molar-refractivity contribution is 6.30. The van der Waals surface area contributed by atoms with Gasteiger partial charge in [-0.15, -0.1) is 0 Å². The maximum atomic E-state index is 13.7. The first-order chi connectivity index (χ1) is 10.1. The van der Waals surface area contributed by atoms with Crippen LogP contribution in [-0.2, 0) is 0 Å². The maximum Gasteiger partial charge on any atom is 0.258 e. The van der Waals surface area contributed by atoms with Gasteiger partial charge in [0.25, 0.3) is 5.91 Å². The zero-order valence-electron chi connectivity index (χ0n) is 10.9. The molecule has 0 aliphatic rings. The van der Waals surface area contributed by atoms with Gasteiger partial charge in [-0.2, -0.15) is 0 Å². The van der Waals surface area contributed by atoms with E-state index in [9.17, 15) is 9.18 Å². The molecule has 0 radical (unpaired) electrons. The highest BCUT2D eigenvalue weighted by Gasteiger charge is 2.12. The van der Waals surface area contributed by atoms with Crippen molar-refractivity contribution in [1.82, 2.24) is 0 Å². The number of rotatable bonds is 2. The number of hydrogen-bond acceptors (Lipinski definition) is 2. The summed E-state index contributed by atoms with van der Waals surface area (Å²) in [6.45, 7) is -0.304. The molecule has 2 rings (SSSR count). The molecule has 0 spiro atoms. The molecule has 0 aliphatic carbocycles. The van der Waals surface area contributed by atoms with Crippen molar-refractivity contribution >= 4 is 23.2 Å². The number of carbonyl (C=O) groups is 1. The first-order valence-corrected chi connectivity index (χ1v) is 6.44. The van der Waals surface area contributed by atoms with Gasteiger partial charge < -0.3 is 10.4 Å². The van der Waals surface area contributed by atoms with Crippen LogP contribution in [0, 0.1) is 17.7 Å². The Kier molecular flexibility index (Phi) is 4.94. The summed E-state index contributed by atoms with van der Waals surface area (Å²) in [4.78, 5) is 12.1. The lowest BCUT2D eigenvalue weighted by atomic mass is 10.1. The van der Waals surface area contributed by atoms with Gasteiger partial charge in [0, 0.05) is 16.3 Å². The summed E-state index contributed by atoms with van der Waals surface area (Å²) in [7, 11) is 0. The fourth-order valence-electron chi connectivity index (χ4n) is 1.68. The van der Waals surface area contributed by atoms with E-state index in [4.69, 9.17) is 16.7 Å². The van der Waals surface area contributed by atoms with Crippen LogP contribution < -0.4 is 5.32 Å². The molecule has 21 heavy (non-hydrogen) atoms. The predicted molar refractivity (Wildman–Crippen MR) is 79.8 cm³/mol. The summed E-state index contributed by atoms with van der Waals surface area (Å²) in [5.74, 6) is 3.82. The lowest BCUT2D eigenvalue weighted by Gasteiger charge is -2.07. The minimum Gasteiger partial charge on any atom is -0.384 e. The van der Waals surface area contributed by atoms with Gasteiger partial charge in [0.15, 0.2) is 0 Å². The van der Waals surface area contributed by atoms with E-state index in [0.29, 0.717) is 16.3 Å². The number of nitrogens with one attached hydrogen (secondary N) is 1. The van der Waals surface area contributed by atoms with Crippen LogP contribution in [0.4, 0.5) is 10.1 Å². The number of hydrogen-bond donors (Lipinski definition) is 2. The smallest absolute Gasteiger partial charge is 0.258 e. The third-order valence-electron chi connectivity index (χ3n) is 2.61. The third kappa shape index (κ3) is 4.06. The third-order valence-corrected chi connectivity index (χ3v) is 2.84. The summed E-state index contributed by atoms with van der Waals surface area (Å²) in [5, 5.41) is 11.7. The predicted octanol–water partition coefficient (Wildman–Crippen LogP) is 3.08. The van der Waals surface area contributed by atoms with Crippen molar-refractivity contribution in [3.05, 3.63) is 64.4 Å². The number of halogens is 2. The van der Waals surface area contributed by atoms with Gasteiger partial charge in [0.05, 0.1) is 5.56 Å². The number of benzene rings is 2. The standard InChI is InChI=1S/C16H11ClFNO2/c17-12-4-1-5-13(10-12)19-16(21)14-9-11(3-2-8-20)6-7-15(14)18/h1,4-7,9-10,20H,8H2,(H,19,21). The van der Waals surface area contributed by atoms with Crippen LogP contribution in [0.3, 0.4) is 0 Å². The van der Waals surface area contributed by atoms with E-state index in [0.717, 1.165) is 6.07 Å². The Balaban J connectivity index is 2.26. The van der Waals surface area contributed by atoms with E-state index in [2.05, 4.69) is 17.2 Å². The second-order valence-corrected chi connectivity index (χ2v) is 4.56. The second-order valence-electron chi connectivity index (χ2n) is 4.12. The van der Waals surface area contributed by atoms with E-state index >= 15 is 0 Å². The molecule has 0 bridgehead atoms. The van der Waals surface area contributed by atoms with Crippen LogP contribution in [-0.4, -0.2) is 17.6 Å². The lowest BCUT2D eigenvalue weighted by molar-refractivity contribution is 0.102. The summed E-state index contributed by atoms with van der Waals surface area (Å²) in [6.07, 6.45) is 0. The Morgan fingerprint density at radius 1 is 1.29 bits per heavy atom. The van der Waals surface area contributed by atoms with Gasteiger partial charge in [0.1, 0.15) is 12.4 Å². The van der Waals surface area contributed by atoms with Crippen molar-refractivity contribution in [2.75, 3.05) is 11.9 Å². The average Bonchev–Trinajstić information content (AvgIpc) is 2.46. The van der Waals surface area contributed by atoms with E-state index in [1.807, 2.05) is 0 Å². The summed E-state index contributed by atoms with van der Waals surface area (Å²) in [6, 6.07) is 10.5. The van der Waals surface area contributed by atoms with Crippen molar-refractivity contribution in [3.63, 3.8) is 0 Å². The quantitative estimate of drug-likeness (QED) is 0.838. The normalized spacial score (nSPS) is 9.67. The van der Waals surface area contributed by atoms with Crippen molar-refractivity contribution in [3.8, 4) is 11.8 Å². The fourth-order valence-corrected chi connectivity index (χ4v) is 1.87. The van der Waals surface area contributed by atoms with Crippen LogP contribution in [0.5, 0.6) is 0 Å². The minimum absolute atomic E-state index is 0.125. The van der Waals surface area contributed by atoms with Crippen molar-refractivity contribution in [2.45, 2.75) is 0 Å². The maximum absolute atomic E-state index is 13.7. The zero-order valence-corrected chi connectivity index (χ0v) is 11.6. The van der Waals surface area contributed by atoms with Crippen molar-refractivity contribution < 1.29 is 14.3 Å². The molecule has 0 saturated heterocycles. The Morgan fingerprint density at radius 3 is 2.81 bits per heavy atom. The highest BCUT2D eigenvalue weighted by Crippen LogP contribution is 2.17. The molecule has 0 fully saturated rings. The molecule has 1 amide bonds. The number of anilines is 1. The van der Waals surface area contributed by atoms with Crippen LogP contribution in [0.1, 0.15) is 15.9 Å². The average molecular weight is 304 g/mol. The molecule has 3 nitrogen and oxygen atoms in total. The summed E-state index contributed by atoms with van der Waals surface area (Å²) in [5.41, 5.74) is 0.792. The Labute approximate surface area is 126 Å². The molecule has 0 atom stereocenters. The number of aliphatic hydroxyl groups is 1. The molecule has 0 aromatic heterocycles. The topological polar surface area (TPSA) is 49.3 Å². The van der Waals surface area contributed by atoms with Crippen LogP contribution in [0.25, 0.3) is 0 Å². The number of aliphatic hydroxyl groups excluding tert-OH is 1. The Bertz CT molecular complexity index is 735. The van der Waals surface area contributed by atoms with Gasteiger partial charge in [-0.25, -0.2) is 4.39 Å². The molecule has 2 aromatic carbocycles. The van der Waals surface area contributed by atoms with E-state index in [-0.39, 0.29) is 12.2 Å². The fraction of sp³-hybridized carbons (Fsp3) is 0.0625. The van der Waals surface area contributed by atoms with Crippen LogP contribution in [0.2, 0.25) is 5.02 Å². The molecule has 0 unspecified atom stereocenters. The number of carbonyl (C=O) groups excluding carboxylic acids is 1. The summed E-state index contributed by atoms with van der Waals surface area (Å²) >= 11 is 5.82. The second kappa shape index (κ2) is 6.89. The van der Waals surface area contributed by atoms with Crippen LogP contribution in [0.15, 0.2) is 42.5 Å². The van der Waals surface area contributed by atoms with Gasteiger partial charge in [-0.05, 0) is 36.4 Å². The summed E-state index contributed by atoms with van der Waals surface area (Å²) < 4.78 is 13.7. The SMILES string of the molecule is O=C(Nc1cccc(Cl)c1)c1cc(C#CCO)ccc1F. The molecular weight excluding hydrogens is 293 g/mol. The molecule has 2 N–H and O–H groups in total. The van der Waals surface area contributed by atoms with Gasteiger partial charge >= 0.3 is 0 Å². The molecule has 0 saturated carbocycles. The molecule has 106 valence electrons. The van der Waals surface area contributed by atoms with E-state index in [1.54, 1.807) is 24.3 Å². The minimum atomic E-state index is -0.649. The molecule has 5 heteroatoms. The molecule has 0 heterocycles.